The highest BCUT2D eigenvalue weighted by Crippen LogP contribution is 2.30. The highest BCUT2D eigenvalue weighted by Gasteiger charge is 2.23. The third-order valence-corrected chi connectivity index (χ3v) is 6.15. The number of pyridine rings is 1. The predicted octanol–water partition coefficient (Wildman–Crippen LogP) is 5.83. The lowest BCUT2D eigenvalue weighted by atomic mass is 9.90. The van der Waals surface area contributed by atoms with Crippen LogP contribution in [0.2, 0.25) is 0 Å². The van der Waals surface area contributed by atoms with Crippen LogP contribution in [0.5, 0.6) is 0 Å². The molecule has 0 atom stereocenters. The molecule has 0 saturated heterocycles. The average molecular weight is 452 g/mol. The lowest BCUT2D eigenvalue weighted by molar-refractivity contribution is 0.0459. The van der Waals surface area contributed by atoms with Crippen LogP contribution in [0.15, 0.2) is 78.9 Å². The van der Waals surface area contributed by atoms with Gasteiger partial charge in [-0.2, -0.15) is 0 Å². The molecule has 0 saturated carbocycles. The summed E-state index contributed by atoms with van der Waals surface area (Å²) in [6.45, 7) is 0.354. The van der Waals surface area contributed by atoms with Gasteiger partial charge in [0.05, 0.1) is 16.6 Å². The fraction of sp³-hybridized carbons (Fsp3) is 0.207. The van der Waals surface area contributed by atoms with Gasteiger partial charge in [0, 0.05) is 11.1 Å². The van der Waals surface area contributed by atoms with E-state index in [1.54, 1.807) is 24.3 Å². The summed E-state index contributed by atoms with van der Waals surface area (Å²) in [4.78, 5) is 30.3. The number of esters is 2. The number of fused-ring (bicyclic) bond motifs is 2. The van der Waals surface area contributed by atoms with Gasteiger partial charge in [0.2, 0.25) is 0 Å². The van der Waals surface area contributed by atoms with E-state index in [1.165, 1.54) is 0 Å². The monoisotopic (exact) mass is 451 g/mol. The molecule has 4 aromatic rings. The minimum atomic E-state index is -0.387. The number of aromatic nitrogens is 1. The molecule has 1 aromatic heterocycles. The summed E-state index contributed by atoms with van der Waals surface area (Å²) in [5, 5.41) is 0.838. The normalized spacial score (nSPS) is 12.7. The van der Waals surface area contributed by atoms with E-state index in [0.717, 1.165) is 59.0 Å². The second-order valence-electron chi connectivity index (χ2n) is 8.47. The predicted molar refractivity (Wildman–Crippen MR) is 130 cm³/mol. The molecule has 0 bridgehead atoms. The van der Waals surface area contributed by atoms with Gasteiger partial charge < -0.3 is 9.47 Å². The number of benzene rings is 3. The van der Waals surface area contributed by atoms with Crippen LogP contribution >= 0.6 is 0 Å². The van der Waals surface area contributed by atoms with Gasteiger partial charge in [0.25, 0.3) is 0 Å². The van der Waals surface area contributed by atoms with Gasteiger partial charge in [-0.25, -0.2) is 9.59 Å². The first kappa shape index (κ1) is 21.8. The zero-order valence-electron chi connectivity index (χ0n) is 18.8. The Kier molecular flexibility index (Phi) is 6.34. The third-order valence-electron chi connectivity index (χ3n) is 6.15. The van der Waals surface area contributed by atoms with Crippen LogP contribution in [-0.4, -0.2) is 16.9 Å². The molecule has 0 radical (unpaired) electrons. The molecule has 0 spiro atoms. The Balaban J connectivity index is 1.26. The first-order valence-electron chi connectivity index (χ1n) is 11.6. The van der Waals surface area contributed by atoms with Crippen LogP contribution in [0.25, 0.3) is 10.9 Å². The van der Waals surface area contributed by atoms with E-state index < -0.39 is 0 Å². The van der Waals surface area contributed by atoms with E-state index in [2.05, 4.69) is 0 Å². The number of hydrogen-bond donors (Lipinski definition) is 0. The molecule has 0 amide bonds. The second kappa shape index (κ2) is 9.87. The molecule has 170 valence electrons. The van der Waals surface area contributed by atoms with Crippen molar-refractivity contribution >= 4 is 22.8 Å². The van der Waals surface area contributed by atoms with E-state index in [0.29, 0.717) is 11.1 Å². The van der Waals surface area contributed by atoms with Gasteiger partial charge in [0.1, 0.15) is 13.2 Å². The van der Waals surface area contributed by atoms with Gasteiger partial charge in [-0.3, -0.25) is 4.98 Å². The smallest absolute Gasteiger partial charge is 0.339 e. The SMILES string of the molecule is O=C(OCc1ccccc1)c1ccc(COC(=O)c2c3c(nc4ccccc24)CCCC3)cc1. The standard InChI is InChI=1S/C29H25NO4/c31-28(33-18-20-8-2-1-3-9-20)22-16-14-21(15-17-22)19-34-29(32)27-23-10-4-6-12-25(23)30-26-13-7-5-11-24(26)27/h1-4,6,8-10,12,14-17H,5,7,11,13,18-19H2. The lowest BCUT2D eigenvalue weighted by Crippen LogP contribution is -2.15. The van der Waals surface area contributed by atoms with E-state index in [1.807, 2.05) is 54.6 Å². The highest BCUT2D eigenvalue weighted by molar-refractivity contribution is 6.05. The van der Waals surface area contributed by atoms with Gasteiger partial charge in [-0.05, 0) is 60.6 Å². The Morgan fingerprint density at radius 3 is 2.15 bits per heavy atom. The van der Waals surface area contributed by atoms with E-state index in [9.17, 15) is 9.59 Å². The number of nitrogens with zero attached hydrogens (tertiary/aromatic N) is 1. The Morgan fingerprint density at radius 1 is 0.706 bits per heavy atom. The topological polar surface area (TPSA) is 65.5 Å². The lowest BCUT2D eigenvalue weighted by Gasteiger charge is -2.20. The van der Waals surface area contributed by atoms with Gasteiger partial charge in [-0.15, -0.1) is 0 Å². The Labute approximate surface area is 198 Å². The average Bonchev–Trinajstić information content (AvgIpc) is 2.90. The number of ether oxygens (including phenoxy) is 2. The van der Waals surface area contributed by atoms with Crippen LogP contribution in [0, 0.1) is 0 Å². The van der Waals surface area contributed by atoms with Crippen molar-refractivity contribution in [3.63, 3.8) is 0 Å². The summed E-state index contributed by atoms with van der Waals surface area (Å²) in [7, 11) is 0. The van der Waals surface area contributed by atoms with E-state index in [4.69, 9.17) is 14.5 Å². The molecule has 0 aliphatic heterocycles. The highest BCUT2D eigenvalue weighted by atomic mass is 16.5. The number of hydrogen-bond acceptors (Lipinski definition) is 5. The maximum absolute atomic E-state index is 13.2. The molecule has 0 unspecified atom stereocenters. The van der Waals surface area contributed by atoms with Crippen molar-refractivity contribution in [3.05, 3.63) is 112 Å². The summed E-state index contributed by atoms with van der Waals surface area (Å²) in [6.07, 6.45) is 3.88. The van der Waals surface area contributed by atoms with Crippen molar-refractivity contribution in [1.29, 1.82) is 0 Å². The molecule has 1 heterocycles. The maximum Gasteiger partial charge on any atom is 0.339 e. The summed E-state index contributed by atoms with van der Waals surface area (Å²) >= 11 is 0. The van der Waals surface area contributed by atoms with Crippen LogP contribution in [-0.2, 0) is 35.5 Å². The van der Waals surface area contributed by atoms with Crippen LogP contribution in [0.4, 0.5) is 0 Å². The minimum Gasteiger partial charge on any atom is -0.457 e. The molecule has 3 aromatic carbocycles. The van der Waals surface area contributed by atoms with Gasteiger partial charge in [0.15, 0.2) is 0 Å². The number of para-hydroxylation sites is 1. The molecule has 1 aliphatic carbocycles. The number of aryl methyl sites for hydroxylation is 1. The zero-order chi connectivity index (χ0) is 23.3. The largest absolute Gasteiger partial charge is 0.457 e. The summed E-state index contributed by atoms with van der Waals surface area (Å²) in [5.41, 5.74) is 5.70. The van der Waals surface area contributed by atoms with E-state index >= 15 is 0 Å². The van der Waals surface area contributed by atoms with E-state index in [-0.39, 0.29) is 25.2 Å². The quantitative estimate of drug-likeness (QED) is 0.345. The van der Waals surface area contributed by atoms with Gasteiger partial charge >= 0.3 is 11.9 Å². The van der Waals surface area contributed by atoms with Crippen molar-refractivity contribution in [1.82, 2.24) is 4.98 Å². The molecule has 5 nitrogen and oxygen atoms in total. The van der Waals surface area contributed by atoms with Crippen molar-refractivity contribution < 1.29 is 19.1 Å². The molecule has 0 fully saturated rings. The Morgan fingerprint density at radius 2 is 1.35 bits per heavy atom. The van der Waals surface area contributed by atoms with Gasteiger partial charge in [-0.1, -0.05) is 60.7 Å². The fourth-order valence-electron chi connectivity index (χ4n) is 4.37. The zero-order valence-corrected chi connectivity index (χ0v) is 18.8. The molecular weight excluding hydrogens is 426 g/mol. The number of carbonyl (C=O) groups excluding carboxylic acids is 2. The molecule has 1 aliphatic rings. The molecule has 34 heavy (non-hydrogen) atoms. The molecule has 0 N–H and O–H groups in total. The Hall–Kier alpha value is -3.99. The van der Waals surface area contributed by atoms with Crippen LogP contribution < -0.4 is 0 Å². The summed E-state index contributed by atoms with van der Waals surface area (Å²) in [6, 6.07) is 24.2. The number of carbonyl (C=O) groups is 2. The van der Waals surface area contributed by atoms with Crippen molar-refractivity contribution in [3.8, 4) is 0 Å². The second-order valence-corrected chi connectivity index (χ2v) is 8.47. The van der Waals surface area contributed by atoms with Crippen molar-refractivity contribution in [2.75, 3.05) is 0 Å². The fourth-order valence-corrected chi connectivity index (χ4v) is 4.37. The minimum absolute atomic E-state index is 0.129. The molecular formula is C29H25NO4. The third kappa shape index (κ3) is 4.69. The Bertz CT molecular complexity index is 1330. The first-order valence-corrected chi connectivity index (χ1v) is 11.6. The van der Waals surface area contributed by atoms with Crippen molar-refractivity contribution in [2.24, 2.45) is 0 Å². The molecule has 5 heteroatoms. The number of rotatable bonds is 6. The van der Waals surface area contributed by atoms with Crippen LogP contribution in [0.1, 0.15) is 55.9 Å². The molecule has 5 rings (SSSR count). The summed E-state index contributed by atoms with van der Waals surface area (Å²) in [5.74, 6) is -0.717. The first-order chi connectivity index (χ1) is 16.7. The maximum atomic E-state index is 13.2. The van der Waals surface area contributed by atoms with Crippen molar-refractivity contribution in [2.45, 2.75) is 38.9 Å². The summed E-state index contributed by atoms with van der Waals surface area (Å²) < 4.78 is 11.1. The van der Waals surface area contributed by atoms with Crippen LogP contribution in [0.3, 0.4) is 0 Å².